The molecule has 0 spiro atoms. The molecule has 0 saturated carbocycles. The average molecular weight is 1060 g/mol. The molecule has 1 amide bonds. The van der Waals surface area contributed by atoms with E-state index in [2.05, 4.69) is 74.7 Å². The molecular weight excluding hydrogens is 943 g/mol. The third-order valence-corrected chi connectivity index (χ3v) is 14.4. The first-order chi connectivity index (χ1) is 36.7. The van der Waals surface area contributed by atoms with Crippen LogP contribution in [0.25, 0.3) is 0 Å². The van der Waals surface area contributed by atoms with Crippen molar-refractivity contribution in [2.45, 2.75) is 320 Å². The quantitative estimate of drug-likeness (QED) is 0.0195. The van der Waals surface area contributed by atoms with Crippen molar-refractivity contribution in [2.24, 2.45) is 0 Å². The standard InChI is InChI=1S/C64H115NO10/c1-4-7-10-13-16-19-22-25-26-27-28-29-30-31-34-36-39-42-45-48-51-57(68)63(72)65-55(56(67)50-47-44-41-38-35-32-23-20-17-14-11-8-5-2)54-73-64-62(61(71)60(70)58(53-66)74-64)75-59(69)52-49-46-43-40-37-33-24-21-18-15-12-9-6-3/h16,19,25-26,28-29,31,34,47,50,55-58,60-62,64,66-68,70-71H,4-15,17-18,20-24,27,30,32-33,35-46,48-49,51-54H2,1-3H3,(H,65,72)/b19-16-,26-25-,29-28-,34-31-,50-47+. The van der Waals surface area contributed by atoms with Gasteiger partial charge in [-0.05, 0) is 70.6 Å². The normalized spacial score (nSPS) is 19.6. The number of unbranched alkanes of at least 4 members (excludes halogenated alkanes) is 30. The molecular formula is C64H115NO10. The predicted molar refractivity (Wildman–Crippen MR) is 310 cm³/mol. The van der Waals surface area contributed by atoms with E-state index in [0.29, 0.717) is 12.8 Å². The molecule has 1 fully saturated rings. The number of hydrogen-bond donors (Lipinski definition) is 6. The lowest BCUT2D eigenvalue weighted by Crippen LogP contribution is -2.61. The summed E-state index contributed by atoms with van der Waals surface area (Å²) in [5.41, 5.74) is 0. The summed E-state index contributed by atoms with van der Waals surface area (Å²) < 4.78 is 17.6. The minimum absolute atomic E-state index is 0.123. The van der Waals surface area contributed by atoms with Gasteiger partial charge in [-0.15, -0.1) is 0 Å². The summed E-state index contributed by atoms with van der Waals surface area (Å²) in [6, 6.07) is -1.03. The van der Waals surface area contributed by atoms with Gasteiger partial charge in [0, 0.05) is 6.42 Å². The Kier molecular flexibility index (Phi) is 48.9. The van der Waals surface area contributed by atoms with E-state index in [9.17, 15) is 35.1 Å². The van der Waals surface area contributed by atoms with Crippen molar-refractivity contribution in [3.63, 3.8) is 0 Å². The van der Waals surface area contributed by atoms with Crippen LogP contribution in [0, 0.1) is 0 Å². The van der Waals surface area contributed by atoms with Crippen molar-refractivity contribution < 1.29 is 49.3 Å². The minimum Gasteiger partial charge on any atom is -0.454 e. The van der Waals surface area contributed by atoms with Crippen molar-refractivity contribution in [2.75, 3.05) is 13.2 Å². The van der Waals surface area contributed by atoms with Crippen LogP contribution in [0.1, 0.15) is 271 Å². The number of esters is 1. The van der Waals surface area contributed by atoms with E-state index in [1.165, 1.54) is 141 Å². The van der Waals surface area contributed by atoms with E-state index < -0.39 is 67.4 Å². The highest BCUT2D eigenvalue weighted by Crippen LogP contribution is 2.26. The zero-order valence-electron chi connectivity index (χ0n) is 48.2. The summed E-state index contributed by atoms with van der Waals surface area (Å²) in [5.74, 6) is -1.21. The Morgan fingerprint density at radius 3 is 1.40 bits per heavy atom. The van der Waals surface area contributed by atoms with Gasteiger partial charge in [-0.25, -0.2) is 0 Å². The highest BCUT2D eigenvalue weighted by Gasteiger charge is 2.47. The first kappa shape index (κ1) is 70.4. The van der Waals surface area contributed by atoms with Crippen LogP contribution in [0.15, 0.2) is 60.8 Å². The highest BCUT2D eigenvalue weighted by atomic mass is 16.7. The second kappa shape index (κ2) is 52.1. The molecule has 8 unspecified atom stereocenters. The van der Waals surface area contributed by atoms with Crippen LogP contribution in [0.4, 0.5) is 0 Å². The molecule has 0 aliphatic carbocycles. The fourth-order valence-corrected chi connectivity index (χ4v) is 9.46. The Balaban J connectivity index is 2.71. The number of hydrogen-bond acceptors (Lipinski definition) is 10. The summed E-state index contributed by atoms with van der Waals surface area (Å²) in [5, 5.41) is 56.9. The molecule has 436 valence electrons. The number of amides is 1. The lowest BCUT2D eigenvalue weighted by atomic mass is 9.99. The SMILES string of the molecule is CCCCC/C=C\C/C=C\C/C=C\C/C=C\CCCCCCC(O)C(=O)NC(COC1OC(CO)C(O)C(O)C1OC(=O)CCCCCCCCCCCCCCC)C(O)/C=C/CCCCCCCCCCCCC. The predicted octanol–water partition coefficient (Wildman–Crippen LogP) is 14.6. The first-order valence-corrected chi connectivity index (χ1v) is 31.1. The van der Waals surface area contributed by atoms with Gasteiger partial charge in [0.25, 0.3) is 0 Å². The van der Waals surface area contributed by atoms with Gasteiger partial charge in [0.2, 0.25) is 5.91 Å². The van der Waals surface area contributed by atoms with Gasteiger partial charge in [0.15, 0.2) is 12.4 Å². The lowest BCUT2D eigenvalue weighted by molar-refractivity contribution is -0.305. The molecule has 0 bridgehead atoms. The molecule has 1 aliphatic rings. The maximum atomic E-state index is 13.4. The van der Waals surface area contributed by atoms with E-state index in [1.807, 2.05) is 6.08 Å². The number of allylic oxidation sites excluding steroid dienone is 9. The molecule has 1 aliphatic heterocycles. The van der Waals surface area contributed by atoms with Crippen molar-refractivity contribution in [1.82, 2.24) is 5.32 Å². The summed E-state index contributed by atoms with van der Waals surface area (Å²) >= 11 is 0. The molecule has 6 N–H and O–H groups in total. The van der Waals surface area contributed by atoms with Gasteiger partial charge in [0.05, 0.1) is 25.4 Å². The number of aliphatic hydroxyl groups excluding tert-OH is 5. The number of carbonyl (C=O) groups excluding carboxylic acids is 2. The Hall–Kier alpha value is -2.64. The first-order valence-electron chi connectivity index (χ1n) is 31.1. The van der Waals surface area contributed by atoms with Gasteiger partial charge in [-0.2, -0.15) is 0 Å². The Bertz CT molecular complexity index is 1450. The Labute approximate surface area is 458 Å². The molecule has 75 heavy (non-hydrogen) atoms. The van der Waals surface area contributed by atoms with Crippen LogP contribution in [0.3, 0.4) is 0 Å². The number of rotatable bonds is 52. The van der Waals surface area contributed by atoms with E-state index in [4.69, 9.17) is 14.2 Å². The van der Waals surface area contributed by atoms with Gasteiger partial charge in [0.1, 0.15) is 24.4 Å². The van der Waals surface area contributed by atoms with Gasteiger partial charge < -0.3 is 45.1 Å². The van der Waals surface area contributed by atoms with Crippen LogP contribution < -0.4 is 5.32 Å². The summed E-state index contributed by atoms with van der Waals surface area (Å²) in [7, 11) is 0. The fourth-order valence-electron chi connectivity index (χ4n) is 9.46. The van der Waals surface area contributed by atoms with Crippen molar-refractivity contribution in [3.05, 3.63) is 60.8 Å². The zero-order valence-corrected chi connectivity index (χ0v) is 48.2. The summed E-state index contributed by atoms with van der Waals surface area (Å²) in [6.07, 6.45) is 53.9. The third kappa shape index (κ3) is 40.2. The summed E-state index contributed by atoms with van der Waals surface area (Å²) in [4.78, 5) is 26.5. The molecule has 1 rings (SSSR count). The van der Waals surface area contributed by atoms with E-state index in [1.54, 1.807) is 6.08 Å². The molecule has 0 aromatic rings. The van der Waals surface area contributed by atoms with Crippen molar-refractivity contribution in [1.29, 1.82) is 0 Å². The zero-order chi connectivity index (χ0) is 54.7. The van der Waals surface area contributed by atoms with Crippen LogP contribution in [-0.4, -0.2) is 99.6 Å². The topological polar surface area (TPSA) is 175 Å². The van der Waals surface area contributed by atoms with Gasteiger partial charge in [-0.1, -0.05) is 255 Å². The largest absolute Gasteiger partial charge is 0.454 e. The molecule has 1 heterocycles. The summed E-state index contributed by atoms with van der Waals surface area (Å²) in [6.45, 7) is 5.75. The average Bonchev–Trinajstić information content (AvgIpc) is 3.41. The molecule has 11 nitrogen and oxygen atoms in total. The molecule has 11 heteroatoms. The second-order valence-electron chi connectivity index (χ2n) is 21.4. The van der Waals surface area contributed by atoms with E-state index in [0.717, 1.165) is 83.5 Å². The Morgan fingerprint density at radius 1 is 0.520 bits per heavy atom. The minimum atomic E-state index is -1.62. The Morgan fingerprint density at radius 2 is 0.920 bits per heavy atom. The maximum absolute atomic E-state index is 13.4. The fraction of sp³-hybridized carbons (Fsp3) is 0.812. The number of nitrogens with one attached hydrogen (secondary N) is 1. The number of aliphatic hydroxyl groups is 5. The van der Waals surface area contributed by atoms with Crippen LogP contribution in [0.5, 0.6) is 0 Å². The van der Waals surface area contributed by atoms with Gasteiger partial charge in [-0.3, -0.25) is 9.59 Å². The monoisotopic (exact) mass is 1060 g/mol. The van der Waals surface area contributed by atoms with Crippen molar-refractivity contribution in [3.8, 4) is 0 Å². The van der Waals surface area contributed by atoms with Crippen LogP contribution >= 0.6 is 0 Å². The molecule has 0 aromatic heterocycles. The van der Waals surface area contributed by atoms with E-state index >= 15 is 0 Å². The van der Waals surface area contributed by atoms with Crippen LogP contribution in [0.2, 0.25) is 0 Å². The second-order valence-corrected chi connectivity index (χ2v) is 21.4. The smallest absolute Gasteiger partial charge is 0.306 e. The number of ether oxygens (including phenoxy) is 3. The molecule has 0 radical (unpaired) electrons. The molecule has 0 aromatic carbocycles. The van der Waals surface area contributed by atoms with E-state index in [-0.39, 0.29) is 19.4 Å². The third-order valence-electron chi connectivity index (χ3n) is 14.4. The highest BCUT2D eigenvalue weighted by molar-refractivity contribution is 5.80. The van der Waals surface area contributed by atoms with Gasteiger partial charge >= 0.3 is 5.97 Å². The maximum Gasteiger partial charge on any atom is 0.306 e. The lowest BCUT2D eigenvalue weighted by Gasteiger charge is -2.41. The number of carbonyl (C=O) groups is 2. The van der Waals surface area contributed by atoms with Crippen LogP contribution in [-0.2, 0) is 23.8 Å². The molecule has 8 atom stereocenters. The molecule has 1 saturated heterocycles. The van der Waals surface area contributed by atoms with Crippen molar-refractivity contribution >= 4 is 11.9 Å².